The molecule has 1 unspecified atom stereocenters. The van der Waals surface area contributed by atoms with Gasteiger partial charge in [0, 0.05) is 18.8 Å². The summed E-state index contributed by atoms with van der Waals surface area (Å²) in [6.07, 6.45) is 0.638. The Morgan fingerprint density at radius 1 is 1.50 bits per heavy atom. The minimum absolute atomic E-state index is 0.0117. The first kappa shape index (κ1) is 12.7. The Kier molecular flexibility index (Phi) is 3.18. The number of hydrogen-bond acceptors (Lipinski definition) is 5. The number of nitriles is 1. The molecule has 0 aliphatic carbocycles. The Labute approximate surface area is 107 Å². The molecule has 0 spiro atoms. The van der Waals surface area contributed by atoms with Crippen molar-refractivity contribution in [2.45, 2.75) is 12.5 Å². The summed E-state index contributed by atoms with van der Waals surface area (Å²) in [7, 11) is -1.04. The van der Waals surface area contributed by atoms with Crippen molar-refractivity contribution in [3.63, 3.8) is 0 Å². The van der Waals surface area contributed by atoms with Crippen molar-refractivity contribution >= 4 is 21.2 Å². The molecule has 1 atom stereocenters. The number of nitrogens with zero attached hydrogens (tertiary/aromatic N) is 2. The minimum Gasteiger partial charge on any atom is -0.398 e. The van der Waals surface area contributed by atoms with Gasteiger partial charge in [-0.2, -0.15) is 5.26 Å². The molecule has 0 bridgehead atoms. The number of rotatable bonds is 2. The molecule has 18 heavy (non-hydrogen) atoms. The number of nitrogen functional groups attached to an aromatic ring is 1. The maximum atomic E-state index is 11.4. The van der Waals surface area contributed by atoms with E-state index in [1.807, 2.05) is 18.0 Å². The smallest absolute Gasteiger partial charge is 0.152 e. The highest BCUT2D eigenvalue weighted by molar-refractivity contribution is 7.91. The average molecular weight is 265 g/mol. The molecular weight excluding hydrogens is 250 g/mol. The van der Waals surface area contributed by atoms with Crippen molar-refractivity contribution in [2.75, 3.05) is 29.2 Å². The highest BCUT2D eigenvalue weighted by Crippen LogP contribution is 2.25. The average Bonchev–Trinajstić information content (AvgIpc) is 2.68. The molecule has 0 amide bonds. The number of sulfone groups is 1. The third-order valence-corrected chi connectivity index (χ3v) is 5.07. The molecule has 0 radical (unpaired) electrons. The molecule has 0 aromatic heterocycles. The maximum absolute atomic E-state index is 11.4. The largest absolute Gasteiger partial charge is 0.398 e. The standard InChI is InChI=1S/C12H15N3O2S/c1-15(11-4-5-18(16,17)8-11)10-3-2-9(7-13)12(14)6-10/h2-3,6,11H,4-5,8,14H2,1H3. The minimum atomic E-state index is -2.90. The van der Waals surface area contributed by atoms with E-state index in [9.17, 15) is 8.42 Å². The van der Waals surface area contributed by atoms with E-state index in [-0.39, 0.29) is 17.5 Å². The lowest BCUT2D eigenvalue weighted by Gasteiger charge is -2.26. The third-order valence-electron chi connectivity index (χ3n) is 3.32. The second-order valence-electron chi connectivity index (χ2n) is 4.55. The summed E-state index contributed by atoms with van der Waals surface area (Å²) in [6.45, 7) is 0. The van der Waals surface area contributed by atoms with Gasteiger partial charge < -0.3 is 10.6 Å². The van der Waals surface area contributed by atoms with E-state index in [0.29, 0.717) is 17.7 Å². The lowest BCUT2D eigenvalue weighted by Crippen LogP contribution is -2.32. The van der Waals surface area contributed by atoms with Gasteiger partial charge >= 0.3 is 0 Å². The van der Waals surface area contributed by atoms with Crippen LogP contribution < -0.4 is 10.6 Å². The Balaban J connectivity index is 2.22. The topological polar surface area (TPSA) is 87.2 Å². The zero-order valence-electron chi connectivity index (χ0n) is 10.1. The molecule has 1 fully saturated rings. The predicted molar refractivity (Wildman–Crippen MR) is 71.0 cm³/mol. The van der Waals surface area contributed by atoms with Crippen molar-refractivity contribution in [3.8, 4) is 6.07 Å². The lowest BCUT2D eigenvalue weighted by atomic mass is 10.1. The zero-order valence-corrected chi connectivity index (χ0v) is 10.9. The van der Waals surface area contributed by atoms with Gasteiger partial charge in [0.15, 0.2) is 9.84 Å². The summed E-state index contributed by atoms with van der Waals surface area (Å²) >= 11 is 0. The second kappa shape index (κ2) is 4.50. The van der Waals surface area contributed by atoms with E-state index in [1.54, 1.807) is 18.2 Å². The first-order valence-corrected chi connectivity index (χ1v) is 7.48. The van der Waals surface area contributed by atoms with Crippen LogP contribution in [-0.2, 0) is 9.84 Å². The Morgan fingerprint density at radius 3 is 2.72 bits per heavy atom. The Morgan fingerprint density at radius 2 is 2.22 bits per heavy atom. The molecule has 5 nitrogen and oxygen atoms in total. The molecule has 1 aromatic carbocycles. The molecule has 6 heteroatoms. The normalized spacial score (nSPS) is 21.4. The summed E-state index contributed by atoms with van der Waals surface area (Å²) in [5.41, 5.74) is 7.45. The van der Waals surface area contributed by atoms with Gasteiger partial charge in [0.2, 0.25) is 0 Å². The van der Waals surface area contributed by atoms with Crippen LogP contribution in [0, 0.1) is 11.3 Å². The molecule has 96 valence electrons. The van der Waals surface area contributed by atoms with E-state index < -0.39 is 9.84 Å². The maximum Gasteiger partial charge on any atom is 0.152 e. The highest BCUT2D eigenvalue weighted by Gasteiger charge is 2.30. The van der Waals surface area contributed by atoms with Crippen molar-refractivity contribution in [2.24, 2.45) is 0 Å². The van der Waals surface area contributed by atoms with E-state index >= 15 is 0 Å². The lowest BCUT2D eigenvalue weighted by molar-refractivity contribution is 0.601. The van der Waals surface area contributed by atoms with Gasteiger partial charge in [0.1, 0.15) is 6.07 Å². The molecule has 2 rings (SSSR count). The van der Waals surface area contributed by atoms with E-state index in [4.69, 9.17) is 11.0 Å². The molecule has 1 aromatic rings. The van der Waals surface area contributed by atoms with Crippen molar-refractivity contribution in [1.29, 1.82) is 5.26 Å². The van der Waals surface area contributed by atoms with Crippen LogP contribution >= 0.6 is 0 Å². The van der Waals surface area contributed by atoms with Crippen molar-refractivity contribution in [3.05, 3.63) is 23.8 Å². The summed E-state index contributed by atoms with van der Waals surface area (Å²) in [4.78, 5) is 1.92. The van der Waals surface area contributed by atoms with Crippen LogP contribution in [0.4, 0.5) is 11.4 Å². The van der Waals surface area contributed by atoms with Gasteiger partial charge in [-0.05, 0) is 24.6 Å². The summed E-state index contributed by atoms with van der Waals surface area (Å²) in [5, 5.41) is 8.81. The summed E-state index contributed by atoms with van der Waals surface area (Å²) in [5.74, 6) is 0.428. The monoisotopic (exact) mass is 265 g/mol. The van der Waals surface area contributed by atoms with Crippen LogP contribution in [0.25, 0.3) is 0 Å². The van der Waals surface area contributed by atoms with Crippen molar-refractivity contribution in [1.82, 2.24) is 0 Å². The Bertz CT molecular complexity index is 604. The third kappa shape index (κ3) is 2.41. The van der Waals surface area contributed by atoms with Crippen LogP contribution in [0.1, 0.15) is 12.0 Å². The van der Waals surface area contributed by atoms with Crippen LogP contribution in [-0.4, -0.2) is 33.0 Å². The first-order valence-electron chi connectivity index (χ1n) is 5.66. The molecule has 2 N–H and O–H groups in total. The van der Waals surface area contributed by atoms with Crippen LogP contribution in [0.3, 0.4) is 0 Å². The van der Waals surface area contributed by atoms with E-state index in [1.165, 1.54) is 0 Å². The SMILES string of the molecule is CN(c1ccc(C#N)c(N)c1)C1CCS(=O)(=O)C1. The number of benzene rings is 1. The van der Waals surface area contributed by atoms with Gasteiger partial charge in [-0.3, -0.25) is 0 Å². The van der Waals surface area contributed by atoms with Crippen LogP contribution in [0.15, 0.2) is 18.2 Å². The molecule has 1 aliphatic rings. The van der Waals surface area contributed by atoms with Gasteiger partial charge in [-0.15, -0.1) is 0 Å². The first-order chi connectivity index (χ1) is 8.43. The summed E-state index contributed by atoms with van der Waals surface area (Å²) in [6, 6.07) is 7.15. The van der Waals surface area contributed by atoms with E-state index in [2.05, 4.69) is 0 Å². The van der Waals surface area contributed by atoms with Gasteiger partial charge in [0.25, 0.3) is 0 Å². The van der Waals surface area contributed by atoms with Gasteiger partial charge in [0.05, 0.1) is 22.8 Å². The second-order valence-corrected chi connectivity index (χ2v) is 6.78. The Hall–Kier alpha value is -1.74. The predicted octanol–water partition coefficient (Wildman–Crippen LogP) is 0.764. The fourth-order valence-electron chi connectivity index (χ4n) is 2.16. The zero-order chi connectivity index (χ0) is 13.3. The number of nitrogens with two attached hydrogens (primary N) is 1. The molecular formula is C12H15N3O2S. The van der Waals surface area contributed by atoms with Crippen molar-refractivity contribution < 1.29 is 8.42 Å². The van der Waals surface area contributed by atoms with Gasteiger partial charge in [-0.25, -0.2) is 8.42 Å². The molecule has 1 aliphatic heterocycles. The summed E-state index contributed by atoms with van der Waals surface area (Å²) < 4.78 is 22.9. The quantitative estimate of drug-likeness (QED) is 0.798. The highest BCUT2D eigenvalue weighted by atomic mass is 32.2. The fourth-order valence-corrected chi connectivity index (χ4v) is 3.94. The fraction of sp³-hybridized carbons (Fsp3) is 0.417. The van der Waals surface area contributed by atoms with Gasteiger partial charge in [-0.1, -0.05) is 0 Å². The number of anilines is 2. The van der Waals surface area contributed by atoms with Crippen LogP contribution in [0.2, 0.25) is 0 Å². The molecule has 0 saturated carbocycles. The molecule has 1 heterocycles. The number of hydrogen-bond donors (Lipinski definition) is 1. The van der Waals surface area contributed by atoms with Crippen LogP contribution in [0.5, 0.6) is 0 Å². The van der Waals surface area contributed by atoms with E-state index in [0.717, 1.165) is 5.69 Å². The molecule has 1 saturated heterocycles.